The van der Waals surface area contributed by atoms with Crippen molar-refractivity contribution in [2.75, 3.05) is 32.7 Å². The van der Waals surface area contributed by atoms with Crippen LogP contribution in [0.3, 0.4) is 0 Å². The van der Waals surface area contributed by atoms with Gasteiger partial charge in [0, 0.05) is 19.6 Å². The van der Waals surface area contributed by atoms with Gasteiger partial charge < -0.3 is 15.5 Å². The van der Waals surface area contributed by atoms with E-state index in [0.29, 0.717) is 19.6 Å². The molecule has 0 aromatic heterocycles. The zero-order valence-corrected chi connectivity index (χ0v) is 11.5. The normalized spacial score (nSPS) is 9.89. The van der Waals surface area contributed by atoms with E-state index in [-0.39, 0.29) is 24.9 Å². The van der Waals surface area contributed by atoms with E-state index in [1.54, 1.807) is 11.0 Å². The highest BCUT2D eigenvalue weighted by Crippen LogP contribution is 1.93. The van der Waals surface area contributed by atoms with Gasteiger partial charge in [-0.3, -0.25) is 9.59 Å². The minimum absolute atomic E-state index is 0.0506. The minimum atomic E-state index is -0.0950. The van der Waals surface area contributed by atoms with E-state index >= 15 is 0 Å². The highest BCUT2D eigenvalue weighted by molar-refractivity contribution is 5.85. The molecule has 0 unspecified atom stereocenters. The molecule has 0 saturated heterocycles. The van der Waals surface area contributed by atoms with Gasteiger partial charge in [-0.05, 0) is 12.8 Å². The van der Waals surface area contributed by atoms with Gasteiger partial charge in [-0.25, -0.2) is 0 Å². The molecule has 0 fully saturated rings. The van der Waals surface area contributed by atoms with Crippen molar-refractivity contribution < 1.29 is 9.59 Å². The Morgan fingerprint density at radius 2 is 2.00 bits per heavy atom. The molecule has 0 radical (unpaired) electrons. The lowest BCUT2D eigenvalue weighted by molar-refractivity contribution is -0.135. The largest absolute Gasteiger partial charge is 0.355 e. The predicted molar refractivity (Wildman–Crippen MR) is 73.2 cm³/mol. The van der Waals surface area contributed by atoms with Crippen molar-refractivity contribution in [1.82, 2.24) is 15.5 Å². The first kappa shape index (κ1) is 16.6. The highest BCUT2D eigenvalue weighted by atomic mass is 16.2. The fourth-order valence-electron chi connectivity index (χ4n) is 1.45. The molecule has 0 aliphatic heterocycles. The zero-order valence-electron chi connectivity index (χ0n) is 11.5. The van der Waals surface area contributed by atoms with Crippen LogP contribution in [0.4, 0.5) is 0 Å². The average molecular weight is 255 g/mol. The van der Waals surface area contributed by atoms with Gasteiger partial charge >= 0.3 is 0 Å². The van der Waals surface area contributed by atoms with Gasteiger partial charge in [0.2, 0.25) is 11.8 Å². The molecule has 0 aromatic carbocycles. The van der Waals surface area contributed by atoms with Crippen LogP contribution in [0, 0.1) is 0 Å². The first-order valence-electron chi connectivity index (χ1n) is 6.51. The predicted octanol–water partition coefficient (Wildman–Crippen LogP) is 0.527. The summed E-state index contributed by atoms with van der Waals surface area (Å²) in [6.07, 6.45) is 3.44. The molecule has 0 aliphatic rings. The molecule has 2 amide bonds. The summed E-state index contributed by atoms with van der Waals surface area (Å²) in [6, 6.07) is 0. The van der Waals surface area contributed by atoms with Crippen molar-refractivity contribution in [2.24, 2.45) is 0 Å². The minimum Gasteiger partial charge on any atom is -0.355 e. The Morgan fingerprint density at radius 3 is 2.56 bits per heavy atom. The number of hydrogen-bond acceptors (Lipinski definition) is 3. The van der Waals surface area contributed by atoms with E-state index in [9.17, 15) is 9.59 Å². The molecule has 0 rings (SSSR count). The van der Waals surface area contributed by atoms with Crippen LogP contribution in [-0.2, 0) is 9.59 Å². The third kappa shape index (κ3) is 7.84. The van der Waals surface area contributed by atoms with Crippen LogP contribution >= 0.6 is 0 Å². The number of hydrogen-bond donors (Lipinski definition) is 2. The summed E-state index contributed by atoms with van der Waals surface area (Å²) in [5.41, 5.74) is 0. The molecule has 0 bridgehead atoms. The van der Waals surface area contributed by atoms with Gasteiger partial charge in [0.25, 0.3) is 0 Å². The second kappa shape index (κ2) is 10.8. The topological polar surface area (TPSA) is 61.4 Å². The van der Waals surface area contributed by atoms with Crippen LogP contribution in [0.5, 0.6) is 0 Å². The van der Waals surface area contributed by atoms with E-state index in [1.165, 1.54) is 0 Å². The highest BCUT2D eigenvalue weighted by Gasteiger charge is 2.15. The fourth-order valence-corrected chi connectivity index (χ4v) is 1.45. The molecule has 18 heavy (non-hydrogen) atoms. The van der Waals surface area contributed by atoms with Crippen molar-refractivity contribution in [3.05, 3.63) is 12.7 Å². The Kier molecular flexibility index (Phi) is 9.96. The number of carbonyl (C=O) groups excluding carboxylic acids is 2. The van der Waals surface area contributed by atoms with E-state index in [0.717, 1.165) is 12.8 Å². The Bertz CT molecular complexity index is 267. The van der Waals surface area contributed by atoms with Crippen molar-refractivity contribution in [1.29, 1.82) is 0 Å². The summed E-state index contributed by atoms with van der Waals surface area (Å²) >= 11 is 0. The Morgan fingerprint density at radius 1 is 1.28 bits per heavy atom. The van der Waals surface area contributed by atoms with Gasteiger partial charge in [-0.1, -0.05) is 19.9 Å². The van der Waals surface area contributed by atoms with Crippen molar-refractivity contribution in [2.45, 2.75) is 26.7 Å². The molecule has 104 valence electrons. The lowest BCUT2D eigenvalue weighted by Gasteiger charge is -2.21. The average Bonchev–Trinajstić information content (AvgIpc) is 2.36. The van der Waals surface area contributed by atoms with Crippen LogP contribution in [0.25, 0.3) is 0 Å². The summed E-state index contributed by atoms with van der Waals surface area (Å²) in [7, 11) is 0. The first-order chi connectivity index (χ1) is 8.65. The standard InChI is InChI=1S/C13H25N3O2/c1-4-7-14-10-13(18)16(9-6-3)11-12(17)15-8-5-2/h4,14H,1,5-11H2,2-3H3,(H,15,17). The summed E-state index contributed by atoms with van der Waals surface area (Å²) < 4.78 is 0. The molecule has 0 aromatic rings. The molecular weight excluding hydrogens is 230 g/mol. The zero-order chi connectivity index (χ0) is 13.8. The van der Waals surface area contributed by atoms with E-state index < -0.39 is 0 Å². The summed E-state index contributed by atoms with van der Waals surface area (Å²) in [5, 5.41) is 5.72. The quantitative estimate of drug-likeness (QED) is 0.442. The Labute approximate surface area is 110 Å². The van der Waals surface area contributed by atoms with Gasteiger partial charge in [-0.2, -0.15) is 0 Å². The van der Waals surface area contributed by atoms with Crippen LogP contribution in [-0.4, -0.2) is 49.4 Å². The molecular formula is C13H25N3O2. The molecule has 5 heteroatoms. The number of nitrogens with one attached hydrogen (secondary N) is 2. The van der Waals surface area contributed by atoms with Gasteiger partial charge in [-0.15, -0.1) is 6.58 Å². The molecule has 0 aliphatic carbocycles. The molecule has 2 N–H and O–H groups in total. The fraction of sp³-hybridized carbons (Fsp3) is 0.692. The lowest BCUT2D eigenvalue weighted by atomic mass is 10.3. The van der Waals surface area contributed by atoms with Crippen LogP contribution in [0.1, 0.15) is 26.7 Å². The van der Waals surface area contributed by atoms with E-state index in [1.807, 2.05) is 13.8 Å². The second-order valence-electron chi connectivity index (χ2n) is 4.08. The third-order valence-electron chi connectivity index (χ3n) is 2.32. The number of nitrogens with zero attached hydrogens (tertiary/aromatic N) is 1. The number of carbonyl (C=O) groups is 2. The van der Waals surface area contributed by atoms with E-state index in [2.05, 4.69) is 17.2 Å². The SMILES string of the molecule is C=CCNCC(=O)N(CCC)CC(=O)NCCC. The van der Waals surface area contributed by atoms with Crippen LogP contribution in [0.15, 0.2) is 12.7 Å². The van der Waals surface area contributed by atoms with Crippen molar-refractivity contribution in [3.63, 3.8) is 0 Å². The molecule has 5 nitrogen and oxygen atoms in total. The molecule has 0 atom stereocenters. The Hall–Kier alpha value is -1.36. The van der Waals surface area contributed by atoms with E-state index in [4.69, 9.17) is 0 Å². The van der Waals surface area contributed by atoms with Gasteiger partial charge in [0.05, 0.1) is 13.1 Å². The second-order valence-corrected chi connectivity index (χ2v) is 4.08. The number of rotatable bonds is 10. The first-order valence-corrected chi connectivity index (χ1v) is 6.51. The number of amides is 2. The smallest absolute Gasteiger partial charge is 0.239 e. The van der Waals surface area contributed by atoms with Crippen LogP contribution < -0.4 is 10.6 Å². The summed E-state index contributed by atoms with van der Waals surface area (Å²) in [5.74, 6) is -0.146. The molecule has 0 heterocycles. The Balaban J connectivity index is 4.14. The van der Waals surface area contributed by atoms with Crippen molar-refractivity contribution >= 4 is 11.8 Å². The molecule has 0 spiro atoms. The van der Waals surface area contributed by atoms with Gasteiger partial charge in [0.1, 0.15) is 0 Å². The maximum absolute atomic E-state index is 11.9. The maximum Gasteiger partial charge on any atom is 0.239 e. The summed E-state index contributed by atoms with van der Waals surface area (Å²) in [4.78, 5) is 25.0. The summed E-state index contributed by atoms with van der Waals surface area (Å²) in [6.45, 7) is 9.79. The van der Waals surface area contributed by atoms with Crippen molar-refractivity contribution in [3.8, 4) is 0 Å². The third-order valence-corrected chi connectivity index (χ3v) is 2.32. The van der Waals surface area contributed by atoms with Crippen LogP contribution in [0.2, 0.25) is 0 Å². The van der Waals surface area contributed by atoms with Gasteiger partial charge in [0.15, 0.2) is 0 Å². The monoisotopic (exact) mass is 255 g/mol. The molecule has 0 saturated carbocycles. The maximum atomic E-state index is 11.9. The lowest BCUT2D eigenvalue weighted by Crippen LogP contribution is -2.44.